The molecule has 2 aliphatic rings. The smallest absolute Gasteiger partial charge is 0.303 e. The maximum atomic E-state index is 11.1. The molecule has 21 heavy (non-hydrogen) atoms. The van der Waals surface area contributed by atoms with Crippen LogP contribution in [-0.2, 0) is 4.79 Å². The summed E-state index contributed by atoms with van der Waals surface area (Å²) in [6.07, 6.45) is 4.62. The van der Waals surface area contributed by atoms with Crippen LogP contribution in [-0.4, -0.2) is 24.3 Å². The third kappa shape index (κ3) is 3.43. The molecule has 0 aromatic heterocycles. The molecule has 2 saturated carbocycles. The summed E-state index contributed by atoms with van der Waals surface area (Å²) in [4.78, 5) is 11.1. The van der Waals surface area contributed by atoms with E-state index in [4.69, 9.17) is 26.2 Å². The molecule has 0 amide bonds. The second-order valence-electron chi connectivity index (χ2n) is 5.89. The Labute approximate surface area is 129 Å². The molecule has 2 aliphatic carbocycles. The highest BCUT2D eigenvalue weighted by Crippen LogP contribution is 2.48. The highest BCUT2D eigenvalue weighted by molar-refractivity contribution is 6.32. The molecule has 0 aliphatic heterocycles. The average molecular weight is 311 g/mol. The summed E-state index contributed by atoms with van der Waals surface area (Å²) < 4.78 is 11.2. The number of ether oxygens (including phenoxy) is 2. The monoisotopic (exact) mass is 310 g/mol. The van der Waals surface area contributed by atoms with E-state index in [2.05, 4.69) is 0 Å². The lowest BCUT2D eigenvalue weighted by molar-refractivity contribution is -0.137. The van der Waals surface area contributed by atoms with E-state index in [0.29, 0.717) is 22.4 Å². The van der Waals surface area contributed by atoms with Crippen LogP contribution in [0.15, 0.2) is 12.1 Å². The van der Waals surface area contributed by atoms with Gasteiger partial charge in [-0.05, 0) is 55.2 Å². The van der Waals surface area contributed by atoms with Gasteiger partial charge in [0.1, 0.15) is 0 Å². The van der Waals surface area contributed by atoms with Gasteiger partial charge in [0.05, 0.1) is 24.7 Å². The van der Waals surface area contributed by atoms with Gasteiger partial charge in [-0.1, -0.05) is 11.6 Å². The third-order valence-electron chi connectivity index (χ3n) is 4.07. The molecule has 1 unspecified atom stereocenters. The van der Waals surface area contributed by atoms with Crippen molar-refractivity contribution < 1.29 is 19.4 Å². The summed E-state index contributed by atoms with van der Waals surface area (Å²) in [5.41, 5.74) is 0.935. The van der Waals surface area contributed by atoms with Crippen LogP contribution in [0, 0.1) is 5.92 Å². The fraction of sp³-hybridized carbons (Fsp3) is 0.562. The summed E-state index contributed by atoms with van der Waals surface area (Å²) in [6.45, 7) is 0. The van der Waals surface area contributed by atoms with Crippen molar-refractivity contribution in [2.24, 2.45) is 5.92 Å². The van der Waals surface area contributed by atoms with Gasteiger partial charge in [0, 0.05) is 0 Å². The average Bonchev–Trinajstić information content (AvgIpc) is 3.31. The molecule has 3 rings (SSSR count). The fourth-order valence-corrected chi connectivity index (χ4v) is 2.93. The summed E-state index contributed by atoms with van der Waals surface area (Å²) in [7, 11) is 1.58. The van der Waals surface area contributed by atoms with Gasteiger partial charge in [-0.2, -0.15) is 0 Å². The van der Waals surface area contributed by atoms with E-state index in [1.54, 1.807) is 7.11 Å². The van der Waals surface area contributed by atoms with Crippen LogP contribution in [0.5, 0.6) is 11.5 Å². The van der Waals surface area contributed by atoms with E-state index in [1.165, 1.54) is 0 Å². The minimum absolute atomic E-state index is 0.00359. The van der Waals surface area contributed by atoms with Crippen molar-refractivity contribution in [2.75, 3.05) is 7.11 Å². The fourth-order valence-electron chi connectivity index (χ4n) is 2.66. The predicted molar refractivity (Wildman–Crippen MR) is 79.4 cm³/mol. The summed E-state index contributed by atoms with van der Waals surface area (Å²) >= 11 is 6.34. The number of halogens is 1. The molecule has 0 bridgehead atoms. The molecule has 2 fully saturated rings. The number of carbonyl (C=O) groups is 1. The molecule has 0 saturated heterocycles. The van der Waals surface area contributed by atoms with E-state index < -0.39 is 5.97 Å². The molecule has 5 heteroatoms. The zero-order chi connectivity index (χ0) is 15.0. The highest BCUT2D eigenvalue weighted by Gasteiger charge is 2.35. The molecular formula is C16H19ClO4. The van der Waals surface area contributed by atoms with Crippen molar-refractivity contribution >= 4 is 17.6 Å². The summed E-state index contributed by atoms with van der Waals surface area (Å²) in [5, 5.41) is 9.62. The van der Waals surface area contributed by atoms with Gasteiger partial charge in [0.2, 0.25) is 0 Å². The number of carboxylic acids is 1. The zero-order valence-corrected chi connectivity index (χ0v) is 12.7. The van der Waals surface area contributed by atoms with Crippen molar-refractivity contribution in [3.8, 4) is 11.5 Å². The van der Waals surface area contributed by atoms with Crippen molar-refractivity contribution in [2.45, 2.75) is 44.1 Å². The minimum Gasteiger partial charge on any atom is -0.493 e. The summed E-state index contributed by atoms with van der Waals surface area (Å²) in [5.74, 6) is 0.844. The van der Waals surface area contributed by atoms with Crippen LogP contribution >= 0.6 is 11.6 Å². The number of hydrogen-bond donors (Lipinski definition) is 1. The molecular weight excluding hydrogens is 292 g/mol. The van der Waals surface area contributed by atoms with Crippen molar-refractivity contribution in [3.05, 3.63) is 22.7 Å². The van der Waals surface area contributed by atoms with Gasteiger partial charge in [-0.3, -0.25) is 4.79 Å². The lowest BCUT2D eigenvalue weighted by Crippen LogP contribution is -2.09. The molecule has 1 atom stereocenters. The number of hydrogen-bond acceptors (Lipinski definition) is 3. The Hall–Kier alpha value is -1.42. The number of aliphatic carboxylic acids is 1. The Morgan fingerprint density at radius 2 is 2.10 bits per heavy atom. The van der Waals surface area contributed by atoms with Crippen LogP contribution in [0.2, 0.25) is 5.02 Å². The Morgan fingerprint density at radius 1 is 1.38 bits per heavy atom. The second kappa shape index (κ2) is 5.76. The van der Waals surface area contributed by atoms with Crippen LogP contribution in [0.25, 0.3) is 0 Å². The SMILES string of the molecule is COc1cc(C(CC(=O)O)C2CC2)cc(Cl)c1OC1CC1. The third-order valence-corrected chi connectivity index (χ3v) is 4.36. The quantitative estimate of drug-likeness (QED) is 0.831. The van der Waals surface area contributed by atoms with E-state index >= 15 is 0 Å². The van der Waals surface area contributed by atoms with Crippen molar-refractivity contribution in [1.29, 1.82) is 0 Å². The number of methoxy groups -OCH3 is 1. The first-order valence-corrected chi connectivity index (χ1v) is 7.72. The van der Waals surface area contributed by atoms with E-state index in [-0.39, 0.29) is 18.4 Å². The van der Waals surface area contributed by atoms with Gasteiger partial charge < -0.3 is 14.6 Å². The van der Waals surface area contributed by atoms with Gasteiger partial charge in [-0.15, -0.1) is 0 Å². The summed E-state index contributed by atoms with van der Waals surface area (Å²) in [6, 6.07) is 3.73. The first-order valence-electron chi connectivity index (χ1n) is 7.34. The van der Waals surface area contributed by atoms with Gasteiger partial charge in [0.25, 0.3) is 0 Å². The molecule has 0 heterocycles. The lowest BCUT2D eigenvalue weighted by Gasteiger charge is -2.19. The number of benzene rings is 1. The number of rotatable bonds is 7. The Kier molecular flexibility index (Phi) is 3.98. The Morgan fingerprint density at radius 3 is 2.62 bits per heavy atom. The van der Waals surface area contributed by atoms with Gasteiger partial charge in [0.15, 0.2) is 11.5 Å². The standard InChI is InChI=1S/C16H19ClO4/c1-20-14-7-10(12(8-15(18)19)9-2-3-9)6-13(17)16(14)21-11-4-5-11/h6-7,9,11-12H,2-5,8H2,1H3,(H,18,19). The van der Waals surface area contributed by atoms with E-state index in [9.17, 15) is 4.79 Å². The predicted octanol–water partition coefficient (Wildman–Crippen LogP) is 3.86. The molecule has 4 nitrogen and oxygen atoms in total. The maximum Gasteiger partial charge on any atom is 0.303 e. The highest BCUT2D eigenvalue weighted by atomic mass is 35.5. The van der Waals surface area contributed by atoms with Crippen LogP contribution in [0.4, 0.5) is 0 Å². The molecule has 1 aromatic rings. The molecule has 1 aromatic carbocycles. The molecule has 114 valence electrons. The van der Waals surface area contributed by atoms with Gasteiger partial charge >= 0.3 is 5.97 Å². The molecule has 1 N–H and O–H groups in total. The first kappa shape index (κ1) is 14.5. The largest absolute Gasteiger partial charge is 0.493 e. The Balaban J connectivity index is 1.90. The van der Waals surface area contributed by atoms with Crippen LogP contribution in [0.3, 0.4) is 0 Å². The van der Waals surface area contributed by atoms with Crippen molar-refractivity contribution in [3.63, 3.8) is 0 Å². The molecule has 0 radical (unpaired) electrons. The first-order chi connectivity index (χ1) is 10.1. The van der Waals surface area contributed by atoms with Crippen LogP contribution < -0.4 is 9.47 Å². The second-order valence-corrected chi connectivity index (χ2v) is 6.30. The minimum atomic E-state index is -0.778. The Bertz CT molecular complexity index is 549. The lowest BCUT2D eigenvalue weighted by atomic mass is 9.91. The van der Waals surface area contributed by atoms with Crippen molar-refractivity contribution in [1.82, 2.24) is 0 Å². The molecule has 0 spiro atoms. The van der Waals surface area contributed by atoms with E-state index in [0.717, 1.165) is 31.2 Å². The van der Waals surface area contributed by atoms with Gasteiger partial charge in [-0.25, -0.2) is 0 Å². The maximum absolute atomic E-state index is 11.1. The number of carboxylic acid groups (broad SMARTS) is 1. The van der Waals surface area contributed by atoms with E-state index in [1.807, 2.05) is 12.1 Å². The zero-order valence-electron chi connectivity index (χ0n) is 12.0. The topological polar surface area (TPSA) is 55.8 Å². The van der Waals surface area contributed by atoms with Crippen LogP contribution in [0.1, 0.15) is 43.6 Å². The normalized spacial score (nSPS) is 19.1.